The second-order valence-corrected chi connectivity index (χ2v) is 4.00. The average molecular weight is 197 g/mol. The summed E-state index contributed by atoms with van der Waals surface area (Å²) in [5.41, 5.74) is 3.21. The quantitative estimate of drug-likeness (QED) is 0.648. The maximum Gasteiger partial charge on any atom is 0.139 e. The van der Waals surface area contributed by atoms with Gasteiger partial charge in [0.1, 0.15) is 5.78 Å². The second kappa shape index (κ2) is 3.16. The Hall–Kier alpha value is -1.70. The maximum absolute atomic E-state index is 11.3. The summed E-state index contributed by atoms with van der Waals surface area (Å²) in [4.78, 5) is 15.9. The molecule has 1 aromatic heterocycles. The lowest BCUT2D eigenvalue weighted by molar-refractivity contribution is -0.118. The van der Waals surface area contributed by atoms with Crippen LogP contribution in [0.25, 0.3) is 10.9 Å². The molecular weight excluding hydrogens is 186 g/mol. The number of Topliss-reactive ketones (excluding diaryl/α,β-unsaturated/α-hetero) is 1. The number of carbonyl (C=O) groups excluding carboxylic acids is 1. The van der Waals surface area contributed by atoms with E-state index in [2.05, 4.69) is 17.1 Å². The Morgan fingerprint density at radius 3 is 2.93 bits per heavy atom. The van der Waals surface area contributed by atoms with Gasteiger partial charge in [-0.3, -0.25) is 9.78 Å². The molecule has 1 aromatic carbocycles. The Labute approximate surface area is 87.9 Å². The number of nitrogens with zero attached hydrogens (tertiary/aromatic N) is 1. The van der Waals surface area contributed by atoms with Gasteiger partial charge in [0.15, 0.2) is 0 Å². The van der Waals surface area contributed by atoms with E-state index >= 15 is 0 Å². The molecular formula is C13H11NO. The highest BCUT2D eigenvalue weighted by Crippen LogP contribution is 2.22. The van der Waals surface area contributed by atoms with Crippen molar-refractivity contribution in [2.75, 3.05) is 0 Å². The van der Waals surface area contributed by atoms with Gasteiger partial charge in [0.2, 0.25) is 0 Å². The van der Waals surface area contributed by atoms with Crippen LogP contribution in [0.4, 0.5) is 0 Å². The molecule has 0 saturated carbocycles. The molecule has 0 saturated heterocycles. The summed E-state index contributed by atoms with van der Waals surface area (Å²) in [7, 11) is 0. The zero-order valence-corrected chi connectivity index (χ0v) is 8.36. The number of pyridine rings is 1. The van der Waals surface area contributed by atoms with Crippen LogP contribution in [-0.2, 0) is 17.6 Å². The third kappa shape index (κ3) is 1.42. The summed E-state index contributed by atoms with van der Waals surface area (Å²) < 4.78 is 0. The number of ketones is 1. The van der Waals surface area contributed by atoms with E-state index in [1.54, 1.807) is 0 Å². The second-order valence-electron chi connectivity index (χ2n) is 4.00. The first kappa shape index (κ1) is 8.60. The van der Waals surface area contributed by atoms with Crippen LogP contribution < -0.4 is 0 Å². The predicted molar refractivity (Wildman–Crippen MR) is 58.8 cm³/mol. The molecule has 1 aliphatic carbocycles. The Kier molecular flexibility index (Phi) is 1.81. The number of benzene rings is 1. The van der Waals surface area contributed by atoms with Gasteiger partial charge in [-0.15, -0.1) is 0 Å². The zero-order chi connectivity index (χ0) is 10.3. The summed E-state index contributed by atoms with van der Waals surface area (Å²) in [5, 5.41) is 1.17. The van der Waals surface area contributed by atoms with Gasteiger partial charge in [0.25, 0.3) is 0 Å². The van der Waals surface area contributed by atoms with Crippen molar-refractivity contribution in [2.24, 2.45) is 0 Å². The summed E-state index contributed by atoms with van der Waals surface area (Å²) in [6.07, 6.45) is 2.04. The summed E-state index contributed by atoms with van der Waals surface area (Å²) in [6.45, 7) is 0. The van der Waals surface area contributed by atoms with Crippen LogP contribution in [0, 0.1) is 0 Å². The Morgan fingerprint density at radius 1 is 1.13 bits per heavy atom. The van der Waals surface area contributed by atoms with Crippen LogP contribution >= 0.6 is 0 Å². The summed E-state index contributed by atoms with van der Waals surface area (Å²) >= 11 is 0. The Morgan fingerprint density at radius 2 is 2.00 bits per heavy atom. The largest absolute Gasteiger partial charge is 0.299 e. The third-order valence-corrected chi connectivity index (χ3v) is 2.93. The first-order valence-electron chi connectivity index (χ1n) is 5.22. The smallest absolute Gasteiger partial charge is 0.139 e. The minimum Gasteiger partial charge on any atom is -0.299 e. The van der Waals surface area contributed by atoms with Crippen LogP contribution in [0.5, 0.6) is 0 Å². The Bertz CT molecular complexity index is 545. The van der Waals surface area contributed by atoms with Crippen molar-refractivity contribution in [3.8, 4) is 0 Å². The summed E-state index contributed by atoms with van der Waals surface area (Å²) in [5.74, 6) is 0.310. The van der Waals surface area contributed by atoms with Gasteiger partial charge in [0.05, 0.1) is 11.2 Å². The molecule has 3 rings (SSSR count). The molecule has 0 amide bonds. The van der Waals surface area contributed by atoms with E-state index in [0.717, 1.165) is 17.6 Å². The van der Waals surface area contributed by atoms with Crippen molar-refractivity contribution in [1.29, 1.82) is 0 Å². The van der Waals surface area contributed by atoms with Crippen molar-refractivity contribution in [2.45, 2.75) is 19.3 Å². The SMILES string of the molecule is O=C1CCc2cc3ccccc3nc2C1. The van der Waals surface area contributed by atoms with Crippen LogP contribution in [0.2, 0.25) is 0 Å². The van der Waals surface area contributed by atoms with Crippen molar-refractivity contribution < 1.29 is 4.79 Å². The fourth-order valence-electron chi connectivity index (χ4n) is 2.12. The maximum atomic E-state index is 11.3. The highest BCUT2D eigenvalue weighted by atomic mass is 16.1. The molecule has 0 unspecified atom stereocenters. The van der Waals surface area contributed by atoms with E-state index in [-0.39, 0.29) is 0 Å². The first-order valence-corrected chi connectivity index (χ1v) is 5.22. The van der Waals surface area contributed by atoms with Crippen molar-refractivity contribution >= 4 is 16.7 Å². The predicted octanol–water partition coefficient (Wildman–Crippen LogP) is 2.29. The fourth-order valence-corrected chi connectivity index (χ4v) is 2.12. The highest BCUT2D eigenvalue weighted by molar-refractivity contribution is 5.85. The van der Waals surface area contributed by atoms with Gasteiger partial charge < -0.3 is 0 Å². The van der Waals surface area contributed by atoms with E-state index in [1.807, 2.05) is 18.2 Å². The fraction of sp³-hybridized carbons (Fsp3) is 0.231. The molecule has 0 atom stereocenters. The number of para-hydroxylation sites is 1. The van der Waals surface area contributed by atoms with Gasteiger partial charge in [-0.2, -0.15) is 0 Å². The van der Waals surface area contributed by atoms with E-state index in [1.165, 1.54) is 10.9 Å². The molecule has 1 aliphatic rings. The Balaban J connectivity index is 2.24. The topological polar surface area (TPSA) is 30.0 Å². The molecule has 0 fully saturated rings. The monoisotopic (exact) mass is 197 g/mol. The number of rotatable bonds is 0. The van der Waals surface area contributed by atoms with Gasteiger partial charge in [-0.05, 0) is 24.1 Å². The molecule has 0 N–H and O–H groups in total. The third-order valence-electron chi connectivity index (χ3n) is 2.93. The molecule has 74 valence electrons. The lowest BCUT2D eigenvalue weighted by Gasteiger charge is -2.14. The lowest BCUT2D eigenvalue weighted by atomic mass is 9.94. The van der Waals surface area contributed by atoms with Crippen LogP contribution in [0.3, 0.4) is 0 Å². The zero-order valence-electron chi connectivity index (χ0n) is 8.36. The van der Waals surface area contributed by atoms with Crippen LogP contribution in [0.15, 0.2) is 30.3 Å². The first-order chi connectivity index (χ1) is 7.33. The summed E-state index contributed by atoms with van der Waals surface area (Å²) in [6, 6.07) is 10.2. The number of fused-ring (bicyclic) bond motifs is 2. The molecule has 1 heterocycles. The van der Waals surface area contributed by atoms with Gasteiger partial charge >= 0.3 is 0 Å². The average Bonchev–Trinajstić information content (AvgIpc) is 2.26. The van der Waals surface area contributed by atoms with Crippen molar-refractivity contribution in [3.05, 3.63) is 41.6 Å². The molecule has 2 aromatic rings. The number of carbonyl (C=O) groups is 1. The van der Waals surface area contributed by atoms with E-state index < -0.39 is 0 Å². The molecule has 2 nitrogen and oxygen atoms in total. The van der Waals surface area contributed by atoms with E-state index in [0.29, 0.717) is 18.6 Å². The van der Waals surface area contributed by atoms with Crippen LogP contribution in [0.1, 0.15) is 17.7 Å². The molecule has 2 heteroatoms. The number of aryl methyl sites for hydroxylation is 1. The lowest BCUT2D eigenvalue weighted by Crippen LogP contribution is -2.14. The van der Waals surface area contributed by atoms with E-state index in [9.17, 15) is 4.79 Å². The molecule has 0 aliphatic heterocycles. The molecule has 15 heavy (non-hydrogen) atoms. The standard InChI is InChI=1S/C13H11NO/c15-11-6-5-10-7-9-3-1-2-4-12(9)14-13(10)8-11/h1-4,7H,5-6,8H2. The van der Waals surface area contributed by atoms with Gasteiger partial charge in [-0.25, -0.2) is 0 Å². The van der Waals surface area contributed by atoms with E-state index in [4.69, 9.17) is 0 Å². The molecule has 0 spiro atoms. The number of hydrogen-bond acceptors (Lipinski definition) is 2. The van der Waals surface area contributed by atoms with Crippen LogP contribution in [-0.4, -0.2) is 10.8 Å². The number of hydrogen-bond donors (Lipinski definition) is 0. The van der Waals surface area contributed by atoms with Gasteiger partial charge in [-0.1, -0.05) is 18.2 Å². The molecule has 0 radical (unpaired) electrons. The van der Waals surface area contributed by atoms with Gasteiger partial charge in [0, 0.05) is 18.2 Å². The van der Waals surface area contributed by atoms with Crippen molar-refractivity contribution in [3.63, 3.8) is 0 Å². The number of aromatic nitrogens is 1. The normalized spacial score (nSPS) is 15.3. The minimum atomic E-state index is 0.310. The highest BCUT2D eigenvalue weighted by Gasteiger charge is 2.17. The minimum absolute atomic E-state index is 0.310. The van der Waals surface area contributed by atoms with Crippen molar-refractivity contribution in [1.82, 2.24) is 4.98 Å². The molecule has 0 bridgehead atoms.